The van der Waals surface area contributed by atoms with Crippen LogP contribution in [-0.4, -0.2) is 37.2 Å². The second-order valence-electron chi connectivity index (χ2n) is 17.2. The molecule has 1 atom stereocenters. The van der Waals surface area contributed by atoms with Gasteiger partial charge in [-0.05, 0) is 83.5 Å². The van der Waals surface area contributed by atoms with Crippen LogP contribution < -0.4 is 0 Å². The zero-order valence-corrected chi connectivity index (χ0v) is 41.5. The maximum atomic E-state index is 12.8. The first-order valence-electron chi connectivity index (χ1n) is 26.3. The lowest BCUT2D eigenvalue weighted by atomic mass is 10.1. The van der Waals surface area contributed by atoms with E-state index in [0.717, 1.165) is 116 Å². The number of hydrogen-bond acceptors (Lipinski definition) is 6. The summed E-state index contributed by atoms with van der Waals surface area (Å²) in [4.78, 5) is 38.0. The molecular weight excluding hydrogens is 793 g/mol. The molecule has 0 aliphatic rings. The van der Waals surface area contributed by atoms with Crippen molar-refractivity contribution in [1.82, 2.24) is 0 Å². The van der Waals surface area contributed by atoms with E-state index in [2.05, 4.69) is 93.7 Å². The van der Waals surface area contributed by atoms with Crippen LogP contribution in [-0.2, 0) is 28.6 Å². The van der Waals surface area contributed by atoms with Crippen molar-refractivity contribution >= 4 is 17.9 Å². The van der Waals surface area contributed by atoms with Crippen LogP contribution in [0.3, 0.4) is 0 Å². The summed E-state index contributed by atoms with van der Waals surface area (Å²) in [7, 11) is 0. The molecule has 0 spiro atoms. The summed E-state index contributed by atoms with van der Waals surface area (Å²) in [6.07, 6.45) is 68.2. The van der Waals surface area contributed by atoms with E-state index in [4.69, 9.17) is 14.2 Å². The van der Waals surface area contributed by atoms with Gasteiger partial charge in [0.1, 0.15) is 13.2 Å². The molecule has 0 bridgehead atoms. The average molecular weight is 889 g/mol. The molecule has 6 nitrogen and oxygen atoms in total. The smallest absolute Gasteiger partial charge is 0.306 e. The highest BCUT2D eigenvalue weighted by Gasteiger charge is 2.19. The van der Waals surface area contributed by atoms with Crippen molar-refractivity contribution in [2.45, 2.75) is 239 Å². The van der Waals surface area contributed by atoms with Gasteiger partial charge in [-0.2, -0.15) is 0 Å². The summed E-state index contributed by atoms with van der Waals surface area (Å²) >= 11 is 0. The van der Waals surface area contributed by atoms with Gasteiger partial charge in [-0.25, -0.2) is 0 Å². The van der Waals surface area contributed by atoms with Gasteiger partial charge in [0.05, 0.1) is 0 Å². The molecule has 6 heteroatoms. The number of unbranched alkanes of at least 4 members (excludes halogenated alkanes) is 24. The van der Waals surface area contributed by atoms with Gasteiger partial charge >= 0.3 is 17.9 Å². The fraction of sp³-hybridized carbons (Fsp3) is 0.672. The Balaban J connectivity index is 4.45. The molecule has 0 aromatic rings. The number of rotatable bonds is 46. The van der Waals surface area contributed by atoms with Crippen LogP contribution in [0.1, 0.15) is 233 Å². The van der Waals surface area contributed by atoms with E-state index in [1.165, 1.54) is 77.0 Å². The first kappa shape index (κ1) is 60.3. The Kier molecular flexibility index (Phi) is 49.0. The Labute approximate surface area is 394 Å². The lowest BCUT2D eigenvalue weighted by molar-refractivity contribution is -0.167. The summed E-state index contributed by atoms with van der Waals surface area (Å²) in [6.45, 7) is 6.32. The average Bonchev–Trinajstić information content (AvgIpc) is 3.29. The van der Waals surface area contributed by atoms with E-state index in [1.807, 2.05) is 24.3 Å². The van der Waals surface area contributed by atoms with E-state index >= 15 is 0 Å². The van der Waals surface area contributed by atoms with E-state index in [0.29, 0.717) is 19.3 Å². The first-order valence-corrected chi connectivity index (χ1v) is 26.3. The topological polar surface area (TPSA) is 78.9 Å². The third kappa shape index (κ3) is 49.3. The van der Waals surface area contributed by atoms with Gasteiger partial charge in [0.15, 0.2) is 6.10 Å². The number of carbonyl (C=O) groups excluding carboxylic acids is 3. The summed E-state index contributed by atoms with van der Waals surface area (Å²) in [6, 6.07) is 0. The Morgan fingerprint density at radius 2 is 0.625 bits per heavy atom. The summed E-state index contributed by atoms with van der Waals surface area (Å²) in [5.74, 6) is -0.954. The maximum Gasteiger partial charge on any atom is 0.306 e. The Morgan fingerprint density at radius 1 is 0.328 bits per heavy atom. The summed E-state index contributed by atoms with van der Waals surface area (Å²) < 4.78 is 16.8. The van der Waals surface area contributed by atoms with Gasteiger partial charge in [0.2, 0.25) is 0 Å². The molecule has 0 aromatic heterocycles. The van der Waals surface area contributed by atoms with Gasteiger partial charge < -0.3 is 14.2 Å². The zero-order valence-electron chi connectivity index (χ0n) is 41.5. The normalized spacial score (nSPS) is 12.9. The SMILES string of the molecule is CC/C=C/C=C/C=C/C=C/CCCCCCCC(=O)OC(COC(=O)CCCCCCC/C=C/C=C/C=C/CC)COC(=O)CCCCCCC/C=C/CCCCCCCCCCC. The number of hydrogen-bond donors (Lipinski definition) is 0. The molecule has 1 unspecified atom stereocenters. The van der Waals surface area contributed by atoms with Crippen LogP contribution in [0.25, 0.3) is 0 Å². The number of esters is 3. The minimum absolute atomic E-state index is 0.0994. The molecule has 0 saturated carbocycles. The molecule has 364 valence electrons. The van der Waals surface area contributed by atoms with Crippen LogP contribution in [0, 0.1) is 0 Å². The predicted octanol–water partition coefficient (Wildman–Crippen LogP) is 17.4. The summed E-state index contributed by atoms with van der Waals surface area (Å²) in [5.41, 5.74) is 0. The van der Waals surface area contributed by atoms with Crippen molar-refractivity contribution in [3.8, 4) is 0 Å². The number of ether oxygens (including phenoxy) is 3. The Bertz CT molecular complexity index is 1300. The molecule has 0 aliphatic heterocycles. The van der Waals surface area contributed by atoms with E-state index in [-0.39, 0.29) is 31.1 Å². The van der Waals surface area contributed by atoms with Crippen molar-refractivity contribution in [2.24, 2.45) is 0 Å². The van der Waals surface area contributed by atoms with Crippen molar-refractivity contribution in [3.05, 3.63) is 97.2 Å². The predicted molar refractivity (Wildman–Crippen MR) is 274 cm³/mol. The van der Waals surface area contributed by atoms with Crippen LogP contribution in [0.15, 0.2) is 97.2 Å². The molecule has 64 heavy (non-hydrogen) atoms. The third-order valence-corrected chi connectivity index (χ3v) is 11.0. The quantitative estimate of drug-likeness (QED) is 0.0199. The molecule has 0 aromatic carbocycles. The van der Waals surface area contributed by atoms with E-state index < -0.39 is 6.10 Å². The molecule has 0 N–H and O–H groups in total. The molecule has 0 heterocycles. The van der Waals surface area contributed by atoms with Gasteiger partial charge in [-0.1, -0.05) is 227 Å². The van der Waals surface area contributed by atoms with Gasteiger partial charge in [-0.15, -0.1) is 0 Å². The standard InChI is InChI=1S/C58H96O6/c1-4-7-10-13-16-19-22-25-27-28-29-31-33-36-39-42-45-48-51-57(60)63-54-55(53-62-56(59)50-47-44-41-38-35-32-24-21-18-15-12-9-6-3)64-58(61)52-49-46-43-40-37-34-30-26-23-20-17-14-11-8-5-2/h8-9,11-12,14-15,17-18,20-21,23-24,26,29-31,55H,4-7,10,13,16,19,22,25,27-28,32-54H2,1-3H3/b11-8+,12-9+,17-14+,18-15+,23-20+,24-21+,30-26+,31-29+. The second kappa shape index (κ2) is 52.0. The monoisotopic (exact) mass is 889 g/mol. The van der Waals surface area contributed by atoms with Gasteiger partial charge in [0, 0.05) is 19.3 Å². The highest BCUT2D eigenvalue weighted by Crippen LogP contribution is 2.14. The van der Waals surface area contributed by atoms with E-state index in [1.54, 1.807) is 0 Å². The minimum Gasteiger partial charge on any atom is -0.462 e. The maximum absolute atomic E-state index is 12.8. The lowest BCUT2D eigenvalue weighted by Crippen LogP contribution is -2.30. The largest absolute Gasteiger partial charge is 0.462 e. The lowest BCUT2D eigenvalue weighted by Gasteiger charge is -2.18. The first-order chi connectivity index (χ1) is 31.5. The van der Waals surface area contributed by atoms with Crippen molar-refractivity contribution in [3.63, 3.8) is 0 Å². The number of allylic oxidation sites excluding steroid dienone is 16. The second-order valence-corrected chi connectivity index (χ2v) is 17.2. The van der Waals surface area contributed by atoms with Crippen molar-refractivity contribution in [2.75, 3.05) is 13.2 Å². The molecule has 0 fully saturated rings. The Morgan fingerprint density at radius 3 is 1.00 bits per heavy atom. The van der Waals surface area contributed by atoms with Crippen molar-refractivity contribution < 1.29 is 28.6 Å². The van der Waals surface area contributed by atoms with Gasteiger partial charge in [0.25, 0.3) is 0 Å². The molecule has 0 saturated heterocycles. The van der Waals surface area contributed by atoms with Crippen LogP contribution in [0.5, 0.6) is 0 Å². The van der Waals surface area contributed by atoms with Gasteiger partial charge in [-0.3, -0.25) is 14.4 Å². The summed E-state index contributed by atoms with van der Waals surface area (Å²) in [5, 5.41) is 0. The fourth-order valence-electron chi connectivity index (χ4n) is 7.04. The molecular formula is C58H96O6. The van der Waals surface area contributed by atoms with Crippen LogP contribution >= 0.6 is 0 Å². The highest BCUT2D eigenvalue weighted by molar-refractivity contribution is 5.71. The minimum atomic E-state index is -0.802. The van der Waals surface area contributed by atoms with Crippen LogP contribution in [0.4, 0.5) is 0 Å². The highest BCUT2D eigenvalue weighted by atomic mass is 16.6. The van der Waals surface area contributed by atoms with Crippen LogP contribution in [0.2, 0.25) is 0 Å². The molecule has 0 radical (unpaired) electrons. The van der Waals surface area contributed by atoms with E-state index in [9.17, 15) is 14.4 Å². The molecule has 0 aliphatic carbocycles. The van der Waals surface area contributed by atoms with Crippen molar-refractivity contribution in [1.29, 1.82) is 0 Å². The molecule has 0 amide bonds. The zero-order chi connectivity index (χ0) is 46.5. The fourth-order valence-corrected chi connectivity index (χ4v) is 7.04. The third-order valence-electron chi connectivity index (χ3n) is 11.0. The number of carbonyl (C=O) groups is 3. The Hall–Kier alpha value is -3.67. The molecule has 0 rings (SSSR count).